The molecule has 1 N–H and O–H groups in total. The zero-order chi connectivity index (χ0) is 9.80. The number of aromatic nitrogens is 1. The SMILES string of the molecule is CNCC1CCN(Cc2nccs2)C1.Cl. The summed E-state index contributed by atoms with van der Waals surface area (Å²) >= 11 is 1.76. The van der Waals surface area contributed by atoms with Crippen molar-refractivity contribution in [2.45, 2.75) is 13.0 Å². The van der Waals surface area contributed by atoms with Gasteiger partial charge in [0.05, 0.1) is 6.54 Å². The number of hydrogen-bond acceptors (Lipinski definition) is 4. The van der Waals surface area contributed by atoms with Crippen LogP contribution in [0.4, 0.5) is 0 Å². The molecule has 0 spiro atoms. The Bertz CT molecular complexity index is 266. The van der Waals surface area contributed by atoms with Gasteiger partial charge in [0, 0.05) is 18.1 Å². The van der Waals surface area contributed by atoms with Gasteiger partial charge in [0.25, 0.3) is 0 Å². The molecule has 0 amide bonds. The van der Waals surface area contributed by atoms with Crippen molar-refractivity contribution in [3.05, 3.63) is 16.6 Å². The van der Waals surface area contributed by atoms with E-state index in [-0.39, 0.29) is 12.4 Å². The van der Waals surface area contributed by atoms with Crippen LogP contribution in [0.1, 0.15) is 11.4 Å². The van der Waals surface area contributed by atoms with Crippen molar-refractivity contribution < 1.29 is 0 Å². The molecule has 0 saturated carbocycles. The summed E-state index contributed by atoms with van der Waals surface area (Å²) in [4.78, 5) is 6.81. The van der Waals surface area contributed by atoms with Crippen LogP contribution in [-0.2, 0) is 6.54 Å². The molecule has 5 heteroatoms. The summed E-state index contributed by atoms with van der Waals surface area (Å²) in [7, 11) is 2.03. The Kier molecular flexibility index (Phi) is 5.53. The summed E-state index contributed by atoms with van der Waals surface area (Å²) in [6.45, 7) is 4.64. The van der Waals surface area contributed by atoms with E-state index in [1.807, 2.05) is 13.2 Å². The summed E-state index contributed by atoms with van der Waals surface area (Å²) in [5.74, 6) is 0.833. The minimum absolute atomic E-state index is 0. The molecule has 1 atom stereocenters. The van der Waals surface area contributed by atoms with Crippen molar-refractivity contribution in [2.24, 2.45) is 5.92 Å². The summed E-state index contributed by atoms with van der Waals surface area (Å²) in [6.07, 6.45) is 3.22. The van der Waals surface area contributed by atoms with Crippen LogP contribution in [-0.4, -0.2) is 36.6 Å². The molecule has 1 aliphatic rings. The van der Waals surface area contributed by atoms with Crippen LogP contribution in [0.2, 0.25) is 0 Å². The van der Waals surface area contributed by atoms with Crippen molar-refractivity contribution in [2.75, 3.05) is 26.7 Å². The summed E-state index contributed by atoms with van der Waals surface area (Å²) in [6, 6.07) is 0. The molecule has 0 bridgehead atoms. The Morgan fingerprint density at radius 3 is 3.20 bits per heavy atom. The molecule has 86 valence electrons. The van der Waals surface area contributed by atoms with Crippen molar-refractivity contribution in [3.8, 4) is 0 Å². The first-order chi connectivity index (χ1) is 6.88. The maximum Gasteiger partial charge on any atom is 0.107 e. The van der Waals surface area contributed by atoms with E-state index in [4.69, 9.17) is 0 Å². The van der Waals surface area contributed by atoms with Crippen LogP contribution in [0.3, 0.4) is 0 Å². The van der Waals surface area contributed by atoms with Crippen LogP contribution >= 0.6 is 23.7 Å². The fourth-order valence-electron chi connectivity index (χ4n) is 2.03. The van der Waals surface area contributed by atoms with Gasteiger partial charge in [-0.05, 0) is 32.5 Å². The van der Waals surface area contributed by atoms with Gasteiger partial charge in [0.2, 0.25) is 0 Å². The van der Waals surface area contributed by atoms with E-state index < -0.39 is 0 Å². The molecular weight excluding hydrogens is 230 g/mol. The quantitative estimate of drug-likeness (QED) is 0.876. The van der Waals surface area contributed by atoms with E-state index in [0.717, 1.165) is 19.0 Å². The molecular formula is C10H18ClN3S. The van der Waals surface area contributed by atoms with Gasteiger partial charge >= 0.3 is 0 Å². The fourth-order valence-corrected chi connectivity index (χ4v) is 2.69. The molecule has 2 rings (SSSR count). The second-order valence-electron chi connectivity index (χ2n) is 3.87. The number of hydrogen-bond donors (Lipinski definition) is 1. The highest BCUT2D eigenvalue weighted by atomic mass is 35.5. The van der Waals surface area contributed by atoms with E-state index >= 15 is 0 Å². The first-order valence-corrected chi connectivity index (χ1v) is 6.02. The smallest absolute Gasteiger partial charge is 0.107 e. The van der Waals surface area contributed by atoms with Gasteiger partial charge in [-0.25, -0.2) is 4.98 Å². The average Bonchev–Trinajstić information content (AvgIpc) is 2.79. The second-order valence-corrected chi connectivity index (χ2v) is 4.85. The van der Waals surface area contributed by atoms with E-state index in [1.165, 1.54) is 24.5 Å². The molecule has 1 aromatic heterocycles. The maximum absolute atomic E-state index is 4.31. The molecule has 0 aliphatic carbocycles. The molecule has 1 unspecified atom stereocenters. The molecule has 2 heterocycles. The summed E-state index contributed by atoms with van der Waals surface area (Å²) in [5.41, 5.74) is 0. The van der Waals surface area contributed by atoms with E-state index in [9.17, 15) is 0 Å². The molecule has 1 saturated heterocycles. The zero-order valence-corrected chi connectivity index (χ0v) is 10.6. The standard InChI is InChI=1S/C10H17N3S.ClH/c1-11-6-9-2-4-13(7-9)8-10-12-3-5-14-10;/h3,5,9,11H,2,4,6-8H2,1H3;1H. The van der Waals surface area contributed by atoms with Gasteiger partial charge in [-0.15, -0.1) is 23.7 Å². The third kappa shape index (κ3) is 3.72. The Morgan fingerprint density at radius 1 is 1.67 bits per heavy atom. The predicted molar refractivity (Wildman–Crippen MR) is 66.7 cm³/mol. The first kappa shape index (κ1) is 12.9. The topological polar surface area (TPSA) is 28.2 Å². The van der Waals surface area contributed by atoms with E-state index in [1.54, 1.807) is 11.3 Å². The number of likely N-dealkylation sites (tertiary alicyclic amines) is 1. The molecule has 1 fully saturated rings. The van der Waals surface area contributed by atoms with Crippen LogP contribution in [0.5, 0.6) is 0 Å². The third-order valence-corrected chi connectivity index (χ3v) is 3.47. The highest BCUT2D eigenvalue weighted by molar-refractivity contribution is 7.09. The average molecular weight is 248 g/mol. The minimum Gasteiger partial charge on any atom is -0.319 e. The maximum atomic E-state index is 4.31. The number of nitrogens with one attached hydrogen (secondary N) is 1. The van der Waals surface area contributed by atoms with Gasteiger partial charge in [0.15, 0.2) is 0 Å². The van der Waals surface area contributed by atoms with Crippen molar-refractivity contribution in [1.82, 2.24) is 15.2 Å². The lowest BCUT2D eigenvalue weighted by atomic mass is 10.1. The minimum atomic E-state index is 0. The van der Waals surface area contributed by atoms with Crippen LogP contribution in [0.15, 0.2) is 11.6 Å². The predicted octanol–water partition coefficient (Wildman–Crippen LogP) is 1.61. The van der Waals surface area contributed by atoms with Gasteiger partial charge in [0.1, 0.15) is 5.01 Å². The highest BCUT2D eigenvalue weighted by Crippen LogP contribution is 2.18. The number of rotatable bonds is 4. The van der Waals surface area contributed by atoms with Crippen molar-refractivity contribution >= 4 is 23.7 Å². The molecule has 3 nitrogen and oxygen atoms in total. The van der Waals surface area contributed by atoms with Crippen LogP contribution < -0.4 is 5.32 Å². The van der Waals surface area contributed by atoms with E-state index in [0.29, 0.717) is 0 Å². The van der Waals surface area contributed by atoms with Crippen LogP contribution in [0, 0.1) is 5.92 Å². The van der Waals surface area contributed by atoms with Gasteiger partial charge in [-0.2, -0.15) is 0 Å². The van der Waals surface area contributed by atoms with Crippen LogP contribution in [0.25, 0.3) is 0 Å². The molecule has 1 aliphatic heterocycles. The Balaban J connectivity index is 0.00000112. The van der Waals surface area contributed by atoms with Crippen molar-refractivity contribution in [1.29, 1.82) is 0 Å². The molecule has 15 heavy (non-hydrogen) atoms. The second kappa shape index (κ2) is 6.43. The summed E-state index contributed by atoms with van der Waals surface area (Å²) < 4.78 is 0. The zero-order valence-electron chi connectivity index (χ0n) is 8.98. The van der Waals surface area contributed by atoms with Gasteiger partial charge in [-0.3, -0.25) is 4.90 Å². The molecule has 0 radical (unpaired) electrons. The third-order valence-electron chi connectivity index (χ3n) is 2.71. The first-order valence-electron chi connectivity index (χ1n) is 5.14. The van der Waals surface area contributed by atoms with Crippen molar-refractivity contribution in [3.63, 3.8) is 0 Å². The fraction of sp³-hybridized carbons (Fsp3) is 0.700. The lowest BCUT2D eigenvalue weighted by molar-refractivity contribution is 0.315. The molecule has 0 aromatic carbocycles. The van der Waals surface area contributed by atoms with E-state index in [2.05, 4.69) is 20.6 Å². The lowest BCUT2D eigenvalue weighted by Crippen LogP contribution is -2.24. The van der Waals surface area contributed by atoms with Gasteiger partial charge in [-0.1, -0.05) is 0 Å². The Hall–Kier alpha value is -0.160. The van der Waals surface area contributed by atoms with Gasteiger partial charge < -0.3 is 5.32 Å². The monoisotopic (exact) mass is 247 g/mol. The number of nitrogens with zero attached hydrogens (tertiary/aromatic N) is 2. The Labute approximate surface area is 101 Å². The highest BCUT2D eigenvalue weighted by Gasteiger charge is 2.21. The number of thiazole rings is 1. The normalized spacial score (nSPS) is 21.5. The number of halogens is 1. The lowest BCUT2D eigenvalue weighted by Gasteiger charge is -2.13. The Morgan fingerprint density at radius 2 is 2.53 bits per heavy atom. The summed E-state index contributed by atoms with van der Waals surface area (Å²) in [5, 5.41) is 6.55. The molecule has 1 aromatic rings. The largest absolute Gasteiger partial charge is 0.319 e.